The van der Waals surface area contributed by atoms with Gasteiger partial charge in [-0.2, -0.15) is 0 Å². The second kappa shape index (κ2) is 8.54. The van der Waals surface area contributed by atoms with Crippen LogP contribution in [0.1, 0.15) is 59.4 Å². The second-order valence-corrected chi connectivity index (χ2v) is 7.53. The van der Waals surface area contributed by atoms with Gasteiger partial charge in [0, 0.05) is 6.54 Å². The molecule has 0 aliphatic rings. The van der Waals surface area contributed by atoms with Crippen LogP contribution >= 0.6 is 0 Å². The first-order valence-corrected chi connectivity index (χ1v) is 8.31. The zero-order chi connectivity index (χ0) is 16.8. The van der Waals surface area contributed by atoms with E-state index in [1.54, 1.807) is 0 Å². The van der Waals surface area contributed by atoms with E-state index in [-0.39, 0.29) is 6.29 Å². The lowest BCUT2D eigenvalue weighted by atomic mass is 9.76. The summed E-state index contributed by atoms with van der Waals surface area (Å²) in [5.41, 5.74) is 7.13. The van der Waals surface area contributed by atoms with Gasteiger partial charge in [0.15, 0.2) is 6.29 Å². The summed E-state index contributed by atoms with van der Waals surface area (Å²) in [7, 11) is 0. The van der Waals surface area contributed by atoms with Crippen molar-refractivity contribution in [3.63, 3.8) is 0 Å². The Balaban J connectivity index is 2.73. The minimum atomic E-state index is -0.273. The van der Waals surface area contributed by atoms with Crippen LogP contribution in [0, 0.1) is 11.3 Å². The standard InChI is InChI=1S/C19H33NO2/c1-14(2)18(13-19(4,5)6)16-7-9-17(10-8-16)22-15(3)21-12-11-20/h7-10,14-15,18H,11-13,20H2,1-6H3. The van der Waals surface area contributed by atoms with Gasteiger partial charge in [-0.25, -0.2) is 0 Å². The molecule has 3 heteroatoms. The molecule has 1 aromatic rings. The van der Waals surface area contributed by atoms with Crippen LogP contribution in [0.2, 0.25) is 0 Å². The van der Waals surface area contributed by atoms with Gasteiger partial charge in [-0.15, -0.1) is 0 Å². The van der Waals surface area contributed by atoms with E-state index in [4.69, 9.17) is 15.2 Å². The van der Waals surface area contributed by atoms with Gasteiger partial charge in [-0.3, -0.25) is 0 Å². The Kier molecular flexibility index (Phi) is 7.37. The van der Waals surface area contributed by atoms with Crippen LogP contribution < -0.4 is 10.5 Å². The Morgan fingerprint density at radius 3 is 2.09 bits per heavy atom. The van der Waals surface area contributed by atoms with Gasteiger partial charge in [0.05, 0.1) is 6.61 Å². The zero-order valence-electron chi connectivity index (χ0n) is 15.1. The quantitative estimate of drug-likeness (QED) is 0.716. The van der Waals surface area contributed by atoms with Crippen molar-refractivity contribution in [1.29, 1.82) is 0 Å². The Bertz CT molecular complexity index is 420. The van der Waals surface area contributed by atoms with Crippen molar-refractivity contribution < 1.29 is 9.47 Å². The van der Waals surface area contributed by atoms with E-state index in [9.17, 15) is 0 Å². The minimum Gasteiger partial charge on any atom is -0.465 e. The molecule has 0 fully saturated rings. The molecule has 0 spiro atoms. The fourth-order valence-electron chi connectivity index (χ4n) is 2.65. The second-order valence-electron chi connectivity index (χ2n) is 7.53. The highest BCUT2D eigenvalue weighted by molar-refractivity contribution is 5.30. The molecule has 0 bridgehead atoms. The molecule has 1 aromatic carbocycles. The first kappa shape index (κ1) is 19.0. The van der Waals surface area contributed by atoms with E-state index >= 15 is 0 Å². The fourth-order valence-corrected chi connectivity index (χ4v) is 2.65. The lowest BCUT2D eigenvalue weighted by molar-refractivity contribution is -0.0634. The SMILES string of the molecule is CC(OCCN)Oc1ccc(C(CC(C)(C)C)C(C)C)cc1. The van der Waals surface area contributed by atoms with Crippen molar-refractivity contribution >= 4 is 0 Å². The highest BCUT2D eigenvalue weighted by atomic mass is 16.7. The van der Waals surface area contributed by atoms with Gasteiger partial charge in [0.1, 0.15) is 5.75 Å². The third-order valence-corrected chi connectivity index (χ3v) is 3.72. The van der Waals surface area contributed by atoms with Crippen molar-refractivity contribution in [2.75, 3.05) is 13.2 Å². The molecule has 2 atom stereocenters. The molecule has 0 amide bonds. The smallest absolute Gasteiger partial charge is 0.197 e. The molecule has 2 N–H and O–H groups in total. The summed E-state index contributed by atoms with van der Waals surface area (Å²) >= 11 is 0. The van der Waals surface area contributed by atoms with E-state index in [1.807, 2.05) is 19.1 Å². The number of hydrogen-bond acceptors (Lipinski definition) is 3. The van der Waals surface area contributed by atoms with E-state index in [1.165, 1.54) is 12.0 Å². The molecular weight excluding hydrogens is 274 g/mol. The highest BCUT2D eigenvalue weighted by Gasteiger charge is 2.23. The number of ether oxygens (including phenoxy) is 2. The molecule has 0 heterocycles. The molecule has 0 saturated heterocycles. The Hall–Kier alpha value is -1.06. The predicted octanol–water partition coefficient (Wildman–Crippen LogP) is 4.56. The summed E-state index contributed by atoms with van der Waals surface area (Å²) in [6.45, 7) is 14.4. The molecule has 126 valence electrons. The zero-order valence-corrected chi connectivity index (χ0v) is 15.1. The summed E-state index contributed by atoms with van der Waals surface area (Å²) in [6.07, 6.45) is 0.908. The van der Waals surface area contributed by atoms with Crippen LogP contribution in [0.25, 0.3) is 0 Å². The van der Waals surface area contributed by atoms with E-state index in [0.29, 0.717) is 30.4 Å². The molecule has 0 aliphatic carbocycles. The summed E-state index contributed by atoms with van der Waals surface area (Å²) < 4.78 is 11.2. The van der Waals surface area contributed by atoms with Crippen LogP contribution in [0.5, 0.6) is 5.75 Å². The van der Waals surface area contributed by atoms with Gasteiger partial charge in [0.2, 0.25) is 0 Å². The largest absolute Gasteiger partial charge is 0.465 e. The lowest BCUT2D eigenvalue weighted by Crippen LogP contribution is -2.20. The first-order valence-electron chi connectivity index (χ1n) is 8.31. The van der Waals surface area contributed by atoms with Gasteiger partial charge in [-0.1, -0.05) is 46.8 Å². The maximum absolute atomic E-state index is 5.73. The van der Waals surface area contributed by atoms with Crippen molar-refractivity contribution in [3.05, 3.63) is 29.8 Å². The van der Waals surface area contributed by atoms with Crippen molar-refractivity contribution in [3.8, 4) is 5.75 Å². The number of nitrogens with two attached hydrogens (primary N) is 1. The summed E-state index contributed by atoms with van der Waals surface area (Å²) in [5.74, 6) is 2.03. The summed E-state index contributed by atoms with van der Waals surface area (Å²) in [6, 6.07) is 8.44. The van der Waals surface area contributed by atoms with Crippen LogP contribution in [-0.4, -0.2) is 19.4 Å². The molecule has 3 nitrogen and oxygen atoms in total. The van der Waals surface area contributed by atoms with E-state index < -0.39 is 0 Å². The van der Waals surface area contributed by atoms with Crippen LogP contribution in [0.3, 0.4) is 0 Å². The molecule has 0 aliphatic heterocycles. The van der Waals surface area contributed by atoms with Crippen molar-refractivity contribution in [1.82, 2.24) is 0 Å². The average Bonchev–Trinajstić information content (AvgIpc) is 2.42. The van der Waals surface area contributed by atoms with Gasteiger partial charge in [0.25, 0.3) is 0 Å². The molecule has 0 radical (unpaired) electrons. The molecule has 0 saturated carbocycles. The van der Waals surface area contributed by atoms with Crippen LogP contribution in [0.4, 0.5) is 0 Å². The molecule has 1 rings (SSSR count). The Morgan fingerprint density at radius 1 is 1.05 bits per heavy atom. The lowest BCUT2D eigenvalue weighted by Gasteiger charge is -2.29. The van der Waals surface area contributed by atoms with Gasteiger partial charge < -0.3 is 15.2 Å². The molecular formula is C19H33NO2. The number of benzene rings is 1. The number of rotatable bonds is 8. The monoisotopic (exact) mass is 307 g/mol. The Labute approximate surface area is 136 Å². The molecule has 0 aromatic heterocycles. The third kappa shape index (κ3) is 6.80. The predicted molar refractivity (Wildman–Crippen MR) is 93.2 cm³/mol. The van der Waals surface area contributed by atoms with E-state index in [2.05, 4.69) is 46.8 Å². The summed E-state index contributed by atoms with van der Waals surface area (Å²) in [5, 5.41) is 0. The van der Waals surface area contributed by atoms with Crippen molar-refractivity contribution in [2.24, 2.45) is 17.1 Å². The van der Waals surface area contributed by atoms with Crippen LogP contribution in [-0.2, 0) is 4.74 Å². The topological polar surface area (TPSA) is 44.5 Å². The summed E-state index contributed by atoms with van der Waals surface area (Å²) in [4.78, 5) is 0. The van der Waals surface area contributed by atoms with Gasteiger partial charge in [-0.05, 0) is 48.3 Å². The highest BCUT2D eigenvalue weighted by Crippen LogP contribution is 2.36. The maximum Gasteiger partial charge on any atom is 0.197 e. The average molecular weight is 307 g/mol. The molecule has 2 unspecified atom stereocenters. The molecule has 22 heavy (non-hydrogen) atoms. The Morgan fingerprint density at radius 2 is 1.64 bits per heavy atom. The van der Waals surface area contributed by atoms with Crippen molar-refractivity contribution in [2.45, 2.75) is 60.2 Å². The van der Waals surface area contributed by atoms with Gasteiger partial charge >= 0.3 is 0 Å². The third-order valence-electron chi connectivity index (χ3n) is 3.72. The first-order chi connectivity index (χ1) is 10.2. The van der Waals surface area contributed by atoms with Crippen LogP contribution in [0.15, 0.2) is 24.3 Å². The number of hydrogen-bond donors (Lipinski definition) is 1. The normalized spacial score (nSPS) is 14.9. The van der Waals surface area contributed by atoms with E-state index in [0.717, 1.165) is 5.75 Å². The minimum absolute atomic E-state index is 0.273. The maximum atomic E-state index is 5.73. The fraction of sp³-hybridized carbons (Fsp3) is 0.684.